The van der Waals surface area contributed by atoms with Crippen molar-refractivity contribution in [2.75, 3.05) is 52.7 Å². The predicted octanol–water partition coefficient (Wildman–Crippen LogP) is 0.0682. The van der Waals surface area contributed by atoms with Crippen molar-refractivity contribution >= 4 is 23.9 Å². The molecule has 2 heterocycles. The van der Waals surface area contributed by atoms with Gasteiger partial charge in [0.05, 0.1) is 32.1 Å². The van der Waals surface area contributed by atoms with E-state index < -0.39 is 11.8 Å². The minimum Gasteiger partial charge on any atom is -0.490 e. The molecule has 3 amide bonds. The highest BCUT2D eigenvalue weighted by atomic mass is 16.5. The molecule has 3 rings (SSSR count). The first-order valence-electron chi connectivity index (χ1n) is 11.0. The number of morpholine rings is 1. The molecule has 0 radical (unpaired) electrons. The van der Waals surface area contributed by atoms with Gasteiger partial charge in [0, 0.05) is 26.2 Å². The zero-order chi connectivity index (χ0) is 23.5. The Morgan fingerprint density at radius 1 is 1.15 bits per heavy atom. The Labute approximate surface area is 192 Å². The highest BCUT2D eigenvalue weighted by molar-refractivity contribution is 6.35. The second-order valence-corrected chi connectivity index (χ2v) is 7.47. The van der Waals surface area contributed by atoms with Gasteiger partial charge in [-0.1, -0.05) is 0 Å². The number of rotatable bonds is 9. The van der Waals surface area contributed by atoms with E-state index in [0.717, 1.165) is 12.8 Å². The number of ether oxygens (including phenoxy) is 4. The summed E-state index contributed by atoms with van der Waals surface area (Å²) in [7, 11) is 0. The molecule has 0 saturated carbocycles. The molecule has 2 aliphatic heterocycles. The summed E-state index contributed by atoms with van der Waals surface area (Å²) in [6.07, 6.45) is 3.15. The van der Waals surface area contributed by atoms with E-state index in [1.165, 1.54) is 6.21 Å². The van der Waals surface area contributed by atoms with Crippen molar-refractivity contribution in [3.63, 3.8) is 0 Å². The Hall–Kier alpha value is -3.18. The van der Waals surface area contributed by atoms with Gasteiger partial charge in [0.25, 0.3) is 5.91 Å². The van der Waals surface area contributed by atoms with Gasteiger partial charge >= 0.3 is 11.8 Å². The molecule has 0 aliphatic carbocycles. The van der Waals surface area contributed by atoms with Crippen molar-refractivity contribution in [1.29, 1.82) is 0 Å². The average molecular weight is 463 g/mol. The van der Waals surface area contributed by atoms with E-state index in [0.29, 0.717) is 63.1 Å². The van der Waals surface area contributed by atoms with Crippen LogP contribution in [0.15, 0.2) is 23.3 Å². The molecule has 1 aromatic rings. The quantitative estimate of drug-likeness (QED) is 0.302. The number of hydrogen-bond donors (Lipinski definition) is 2. The fraction of sp³-hybridized carbons (Fsp3) is 0.545. The van der Waals surface area contributed by atoms with E-state index in [1.807, 2.05) is 6.92 Å². The van der Waals surface area contributed by atoms with Crippen LogP contribution in [0.2, 0.25) is 0 Å². The summed E-state index contributed by atoms with van der Waals surface area (Å²) >= 11 is 0. The lowest BCUT2D eigenvalue weighted by atomic mass is 10.2. The number of amides is 3. The fourth-order valence-electron chi connectivity index (χ4n) is 3.34. The molecule has 0 spiro atoms. The topological polar surface area (TPSA) is 128 Å². The van der Waals surface area contributed by atoms with E-state index in [2.05, 4.69) is 15.8 Å². The predicted molar refractivity (Wildman–Crippen MR) is 118 cm³/mol. The SMILES string of the molecule is CCOc1cc(C=NNC(=O)C(=O)NC[C@H]2CCCO2)ccc1OCC(=O)N1CCOCC1. The number of hydrogen-bond acceptors (Lipinski definition) is 8. The van der Waals surface area contributed by atoms with Crippen LogP contribution in [0.25, 0.3) is 0 Å². The van der Waals surface area contributed by atoms with Crippen LogP contribution in [-0.2, 0) is 23.9 Å². The van der Waals surface area contributed by atoms with Crippen molar-refractivity contribution in [3.8, 4) is 11.5 Å². The summed E-state index contributed by atoms with van der Waals surface area (Å²) in [5.74, 6) is -0.890. The van der Waals surface area contributed by atoms with Crippen LogP contribution in [0.1, 0.15) is 25.3 Å². The highest BCUT2D eigenvalue weighted by Gasteiger charge is 2.20. The minimum absolute atomic E-state index is 0.0489. The summed E-state index contributed by atoms with van der Waals surface area (Å²) in [5, 5.41) is 6.35. The van der Waals surface area contributed by atoms with E-state index in [-0.39, 0.29) is 18.6 Å². The lowest BCUT2D eigenvalue weighted by Crippen LogP contribution is -2.43. The Kier molecular flexibility index (Phi) is 9.45. The van der Waals surface area contributed by atoms with Gasteiger partial charge in [-0.25, -0.2) is 5.43 Å². The fourth-order valence-corrected chi connectivity index (χ4v) is 3.34. The zero-order valence-corrected chi connectivity index (χ0v) is 18.7. The molecule has 2 saturated heterocycles. The van der Waals surface area contributed by atoms with Crippen molar-refractivity contribution < 1.29 is 33.3 Å². The van der Waals surface area contributed by atoms with Gasteiger partial charge < -0.3 is 29.2 Å². The van der Waals surface area contributed by atoms with E-state index >= 15 is 0 Å². The maximum Gasteiger partial charge on any atom is 0.329 e. The van der Waals surface area contributed by atoms with Gasteiger partial charge in [-0.2, -0.15) is 5.10 Å². The van der Waals surface area contributed by atoms with Crippen molar-refractivity contribution in [2.45, 2.75) is 25.9 Å². The Balaban J connectivity index is 1.49. The average Bonchev–Trinajstić information content (AvgIpc) is 3.36. The number of nitrogens with zero attached hydrogens (tertiary/aromatic N) is 2. The molecular weight excluding hydrogens is 432 g/mol. The smallest absolute Gasteiger partial charge is 0.329 e. The van der Waals surface area contributed by atoms with Crippen molar-refractivity contribution in [1.82, 2.24) is 15.6 Å². The molecule has 33 heavy (non-hydrogen) atoms. The normalized spacial score (nSPS) is 18.2. The Morgan fingerprint density at radius 2 is 1.97 bits per heavy atom. The van der Waals surface area contributed by atoms with E-state index in [4.69, 9.17) is 18.9 Å². The van der Waals surface area contributed by atoms with Gasteiger partial charge in [0.1, 0.15) is 0 Å². The first-order chi connectivity index (χ1) is 16.1. The molecule has 0 unspecified atom stereocenters. The zero-order valence-electron chi connectivity index (χ0n) is 18.7. The van der Waals surface area contributed by atoms with Crippen LogP contribution in [0.5, 0.6) is 11.5 Å². The van der Waals surface area contributed by atoms with Gasteiger partial charge in [0.2, 0.25) is 0 Å². The Bertz CT molecular complexity index is 849. The molecular formula is C22H30N4O7. The van der Waals surface area contributed by atoms with E-state index in [1.54, 1.807) is 23.1 Å². The molecule has 1 aromatic carbocycles. The number of benzene rings is 1. The van der Waals surface area contributed by atoms with Gasteiger partial charge in [0.15, 0.2) is 18.1 Å². The summed E-state index contributed by atoms with van der Waals surface area (Å²) < 4.78 is 21.9. The third-order valence-corrected chi connectivity index (χ3v) is 5.08. The van der Waals surface area contributed by atoms with Crippen LogP contribution >= 0.6 is 0 Å². The molecule has 2 N–H and O–H groups in total. The summed E-state index contributed by atoms with van der Waals surface area (Å²) in [6, 6.07) is 5.03. The second kappa shape index (κ2) is 12.8. The molecule has 2 aliphatic rings. The van der Waals surface area contributed by atoms with Crippen molar-refractivity contribution in [2.24, 2.45) is 5.10 Å². The molecule has 0 bridgehead atoms. The highest BCUT2D eigenvalue weighted by Crippen LogP contribution is 2.28. The van der Waals surface area contributed by atoms with Crippen LogP contribution in [0, 0.1) is 0 Å². The summed E-state index contributed by atoms with van der Waals surface area (Å²) in [5.41, 5.74) is 2.81. The molecule has 0 aromatic heterocycles. The summed E-state index contributed by atoms with van der Waals surface area (Å²) in [6.45, 7) is 5.24. The molecule has 1 atom stereocenters. The molecule has 2 fully saturated rings. The maximum atomic E-state index is 12.3. The van der Waals surface area contributed by atoms with Gasteiger partial charge in [-0.15, -0.1) is 0 Å². The van der Waals surface area contributed by atoms with Crippen LogP contribution in [-0.4, -0.2) is 87.6 Å². The monoisotopic (exact) mass is 462 g/mol. The third-order valence-electron chi connectivity index (χ3n) is 5.08. The number of nitrogens with one attached hydrogen (secondary N) is 2. The van der Waals surface area contributed by atoms with Crippen LogP contribution in [0.3, 0.4) is 0 Å². The number of carbonyl (C=O) groups is 3. The molecule has 11 nitrogen and oxygen atoms in total. The first-order valence-corrected chi connectivity index (χ1v) is 11.0. The second-order valence-electron chi connectivity index (χ2n) is 7.47. The Morgan fingerprint density at radius 3 is 2.70 bits per heavy atom. The largest absolute Gasteiger partial charge is 0.490 e. The number of carbonyl (C=O) groups excluding carboxylic acids is 3. The first kappa shape index (κ1) is 24.5. The lowest BCUT2D eigenvalue weighted by Gasteiger charge is -2.26. The van der Waals surface area contributed by atoms with Crippen LogP contribution in [0.4, 0.5) is 0 Å². The third kappa shape index (κ3) is 7.72. The molecule has 11 heteroatoms. The number of hydrazone groups is 1. The maximum absolute atomic E-state index is 12.3. The minimum atomic E-state index is -0.865. The van der Waals surface area contributed by atoms with Gasteiger partial charge in [-0.05, 0) is 43.5 Å². The standard InChI is InChI=1S/C22H30N4O7/c1-2-31-19-12-16(5-6-18(19)33-15-20(27)26-7-10-30-11-8-26)13-24-25-22(29)21(28)23-14-17-4-3-9-32-17/h5-6,12-13,17H,2-4,7-11,14-15H2,1H3,(H,23,28)(H,25,29)/t17-/m1/s1. The van der Waals surface area contributed by atoms with E-state index in [9.17, 15) is 14.4 Å². The lowest BCUT2D eigenvalue weighted by molar-refractivity contribution is -0.139. The van der Waals surface area contributed by atoms with Crippen molar-refractivity contribution in [3.05, 3.63) is 23.8 Å². The van der Waals surface area contributed by atoms with Gasteiger partial charge in [-0.3, -0.25) is 14.4 Å². The van der Waals surface area contributed by atoms with Crippen LogP contribution < -0.4 is 20.2 Å². The molecule has 180 valence electrons. The summed E-state index contributed by atoms with van der Waals surface area (Å²) in [4.78, 5) is 37.7.